The molecule has 1 saturated heterocycles. The first-order chi connectivity index (χ1) is 11.6. The monoisotopic (exact) mass is 418 g/mol. The van der Waals surface area contributed by atoms with Gasteiger partial charge >= 0.3 is 0 Å². The quantitative estimate of drug-likeness (QED) is 0.669. The van der Waals surface area contributed by atoms with Crippen molar-refractivity contribution in [1.82, 2.24) is 10.2 Å². The highest BCUT2D eigenvalue weighted by Gasteiger charge is 2.29. The van der Waals surface area contributed by atoms with Gasteiger partial charge in [-0.2, -0.15) is 0 Å². The van der Waals surface area contributed by atoms with Gasteiger partial charge in [0.05, 0.1) is 0 Å². The van der Waals surface area contributed by atoms with Gasteiger partial charge in [0.25, 0.3) is 0 Å². The van der Waals surface area contributed by atoms with E-state index in [2.05, 4.69) is 70.8 Å². The zero-order valence-corrected chi connectivity index (χ0v) is 19.8. The Morgan fingerprint density at radius 2 is 1.41 bits per heavy atom. The summed E-state index contributed by atoms with van der Waals surface area (Å²) < 4.78 is 0. The molecule has 1 heterocycles. The van der Waals surface area contributed by atoms with Gasteiger partial charge < -0.3 is 10.4 Å². The van der Waals surface area contributed by atoms with Crippen LogP contribution in [0.4, 0.5) is 0 Å². The molecule has 2 rings (SSSR count). The highest BCUT2D eigenvalue weighted by atomic mass is 35.5. The number of hydrogen-bond donors (Lipinski definition) is 2. The maximum Gasteiger partial charge on any atom is 0.123 e. The van der Waals surface area contributed by atoms with Crippen LogP contribution in [0, 0.1) is 0 Å². The predicted molar refractivity (Wildman–Crippen MR) is 122 cm³/mol. The van der Waals surface area contributed by atoms with E-state index in [1.807, 2.05) is 0 Å². The molecular formula is C22H40Cl2N2O. The number of nitrogens with zero attached hydrogens (tertiary/aromatic N) is 1. The molecule has 158 valence electrons. The number of piperazine rings is 1. The average Bonchev–Trinajstić information content (AvgIpc) is 2.51. The number of halogens is 2. The summed E-state index contributed by atoms with van der Waals surface area (Å²) in [5.74, 6) is 0.485. The van der Waals surface area contributed by atoms with Gasteiger partial charge in [-0.15, -0.1) is 24.8 Å². The number of hydrogen-bond acceptors (Lipinski definition) is 3. The van der Waals surface area contributed by atoms with Gasteiger partial charge in [0.15, 0.2) is 0 Å². The normalized spacial score (nSPS) is 17.0. The fourth-order valence-corrected chi connectivity index (χ4v) is 3.82. The molecule has 0 saturated carbocycles. The van der Waals surface area contributed by atoms with Gasteiger partial charge in [0, 0.05) is 32.2 Å². The van der Waals surface area contributed by atoms with Crippen LogP contribution in [0.5, 0.6) is 5.75 Å². The molecule has 1 aromatic carbocycles. The van der Waals surface area contributed by atoms with Gasteiger partial charge in [-0.1, -0.05) is 54.9 Å². The summed E-state index contributed by atoms with van der Waals surface area (Å²) in [6.45, 7) is 19.8. The molecule has 0 aromatic heterocycles. The first kappa shape index (κ1) is 26.5. The van der Waals surface area contributed by atoms with Gasteiger partial charge in [-0.25, -0.2) is 0 Å². The van der Waals surface area contributed by atoms with E-state index < -0.39 is 0 Å². The molecular weight excluding hydrogens is 379 g/mol. The van der Waals surface area contributed by atoms with Gasteiger partial charge in [0.2, 0.25) is 0 Å². The SMILES string of the molecule is CCC[C@@H](c1cc(C(C)(C)C)c(O)c(C(C)(C)C)c1)N1CCNCC1.Cl.Cl. The first-order valence-corrected chi connectivity index (χ1v) is 9.88. The Morgan fingerprint density at radius 3 is 1.78 bits per heavy atom. The van der Waals surface area contributed by atoms with Crippen LogP contribution < -0.4 is 5.32 Å². The summed E-state index contributed by atoms with van der Waals surface area (Å²) in [5.41, 5.74) is 3.38. The highest BCUT2D eigenvalue weighted by molar-refractivity contribution is 5.85. The van der Waals surface area contributed by atoms with Crippen LogP contribution >= 0.6 is 24.8 Å². The van der Waals surface area contributed by atoms with E-state index in [0.717, 1.165) is 43.7 Å². The molecule has 1 aliphatic rings. The summed E-state index contributed by atoms with van der Waals surface area (Å²) in [4.78, 5) is 2.62. The summed E-state index contributed by atoms with van der Waals surface area (Å²) in [6, 6.07) is 4.98. The second kappa shape index (κ2) is 10.3. The van der Waals surface area contributed by atoms with Crippen molar-refractivity contribution in [3.63, 3.8) is 0 Å². The van der Waals surface area contributed by atoms with Crippen molar-refractivity contribution >= 4 is 24.8 Å². The van der Waals surface area contributed by atoms with E-state index in [1.165, 1.54) is 12.0 Å². The van der Waals surface area contributed by atoms with Crippen molar-refractivity contribution in [2.75, 3.05) is 26.2 Å². The van der Waals surface area contributed by atoms with E-state index >= 15 is 0 Å². The summed E-state index contributed by atoms with van der Waals surface area (Å²) in [6.07, 6.45) is 2.34. The van der Waals surface area contributed by atoms with Crippen LogP contribution in [0.15, 0.2) is 12.1 Å². The Morgan fingerprint density at radius 1 is 0.963 bits per heavy atom. The lowest BCUT2D eigenvalue weighted by molar-refractivity contribution is 0.164. The minimum Gasteiger partial charge on any atom is -0.507 e. The third-order valence-corrected chi connectivity index (χ3v) is 5.29. The van der Waals surface area contributed by atoms with Crippen molar-refractivity contribution in [1.29, 1.82) is 0 Å². The third-order valence-electron chi connectivity index (χ3n) is 5.29. The molecule has 5 heteroatoms. The van der Waals surface area contributed by atoms with Crippen molar-refractivity contribution < 1.29 is 5.11 Å². The second-order valence-corrected chi connectivity index (χ2v) is 9.56. The Kier molecular flexibility index (Phi) is 10.2. The van der Waals surface area contributed by atoms with E-state index in [1.54, 1.807) is 0 Å². The highest BCUT2D eigenvalue weighted by Crippen LogP contribution is 2.42. The molecule has 0 bridgehead atoms. The third kappa shape index (κ3) is 6.52. The molecule has 2 N–H and O–H groups in total. The van der Waals surface area contributed by atoms with Crippen LogP contribution in [0.25, 0.3) is 0 Å². The molecule has 0 amide bonds. The van der Waals surface area contributed by atoms with Crippen molar-refractivity contribution in [2.24, 2.45) is 0 Å². The maximum absolute atomic E-state index is 11.0. The average molecular weight is 419 g/mol. The standard InChI is InChI=1S/C22H38N2O.2ClH/c1-8-9-19(24-12-10-23-11-13-24)16-14-17(21(2,3)4)20(25)18(15-16)22(5,6)7;;/h14-15,19,23,25H,8-13H2,1-7H3;2*1H/t19-;;/m0../s1. The Balaban J connectivity index is 0.00000338. The van der Waals surface area contributed by atoms with Gasteiger partial charge in [-0.3, -0.25) is 4.90 Å². The smallest absolute Gasteiger partial charge is 0.123 e. The fraction of sp³-hybridized carbons (Fsp3) is 0.727. The van der Waals surface area contributed by atoms with Crippen LogP contribution in [-0.4, -0.2) is 36.2 Å². The molecule has 27 heavy (non-hydrogen) atoms. The molecule has 0 radical (unpaired) electrons. The predicted octanol–water partition coefficient (Wildman–Crippen LogP) is 5.58. The summed E-state index contributed by atoms with van der Waals surface area (Å²) in [7, 11) is 0. The van der Waals surface area contributed by atoms with Crippen molar-refractivity contribution in [2.45, 2.75) is 78.2 Å². The fourth-order valence-electron chi connectivity index (χ4n) is 3.82. The second-order valence-electron chi connectivity index (χ2n) is 9.56. The minimum atomic E-state index is -0.0691. The zero-order valence-electron chi connectivity index (χ0n) is 18.2. The summed E-state index contributed by atoms with van der Waals surface area (Å²) in [5, 5.41) is 14.4. The topological polar surface area (TPSA) is 35.5 Å². The largest absolute Gasteiger partial charge is 0.507 e. The van der Waals surface area contributed by atoms with E-state index in [0.29, 0.717) is 11.8 Å². The lowest BCUT2D eigenvalue weighted by atomic mass is 9.77. The van der Waals surface area contributed by atoms with Gasteiger partial charge in [-0.05, 0) is 46.1 Å². The Labute approximate surface area is 179 Å². The number of phenolic OH excluding ortho intramolecular Hbond substituents is 1. The number of nitrogens with one attached hydrogen (secondary N) is 1. The number of phenols is 1. The lowest BCUT2D eigenvalue weighted by Gasteiger charge is -2.37. The first-order valence-electron chi connectivity index (χ1n) is 9.88. The lowest BCUT2D eigenvalue weighted by Crippen LogP contribution is -2.45. The van der Waals surface area contributed by atoms with Crippen LogP contribution in [0.1, 0.15) is 84.0 Å². The summed E-state index contributed by atoms with van der Waals surface area (Å²) >= 11 is 0. The number of rotatable bonds is 4. The maximum atomic E-state index is 11.0. The molecule has 0 aliphatic carbocycles. The molecule has 1 atom stereocenters. The van der Waals surface area contributed by atoms with Crippen molar-refractivity contribution in [3.05, 3.63) is 28.8 Å². The molecule has 3 nitrogen and oxygen atoms in total. The van der Waals surface area contributed by atoms with Crippen LogP contribution in [-0.2, 0) is 10.8 Å². The number of benzene rings is 1. The van der Waals surface area contributed by atoms with Crippen molar-refractivity contribution in [3.8, 4) is 5.75 Å². The molecule has 1 fully saturated rings. The van der Waals surface area contributed by atoms with Crippen LogP contribution in [0.3, 0.4) is 0 Å². The Bertz CT molecular complexity index is 550. The van der Waals surface area contributed by atoms with Gasteiger partial charge in [0.1, 0.15) is 5.75 Å². The molecule has 1 aliphatic heterocycles. The molecule has 1 aromatic rings. The minimum absolute atomic E-state index is 0. The molecule has 0 spiro atoms. The van der Waals surface area contributed by atoms with Crippen LogP contribution in [0.2, 0.25) is 0 Å². The van der Waals surface area contributed by atoms with E-state index in [-0.39, 0.29) is 35.6 Å². The number of aromatic hydroxyl groups is 1. The van der Waals surface area contributed by atoms with E-state index in [4.69, 9.17) is 0 Å². The zero-order chi connectivity index (χ0) is 18.8. The Hall–Kier alpha value is -0.480. The van der Waals surface area contributed by atoms with E-state index in [9.17, 15) is 5.11 Å². The molecule has 0 unspecified atom stereocenters.